The van der Waals surface area contributed by atoms with E-state index in [9.17, 15) is 8.42 Å². The normalized spacial score (nSPS) is 12.4. The highest BCUT2D eigenvalue weighted by atomic mass is 35.7. The minimum absolute atomic E-state index is 0.0314. The summed E-state index contributed by atoms with van der Waals surface area (Å²) in [6.07, 6.45) is 1.34. The van der Waals surface area contributed by atoms with Gasteiger partial charge >= 0.3 is 0 Å². The van der Waals surface area contributed by atoms with Crippen molar-refractivity contribution in [2.75, 3.05) is 0 Å². The third-order valence-electron chi connectivity index (χ3n) is 2.98. The first kappa shape index (κ1) is 12.7. The molecule has 8 heteroatoms. The lowest BCUT2D eigenvalue weighted by atomic mass is 10.2. The molecular weight excluding hydrogens is 309 g/mol. The van der Waals surface area contributed by atoms with Crippen LogP contribution in [0.4, 0.5) is 0 Å². The molecule has 0 atom stereocenters. The summed E-state index contributed by atoms with van der Waals surface area (Å²) in [5, 5.41) is 0.988. The number of aryl methyl sites for hydroxylation is 1. The van der Waals surface area contributed by atoms with Crippen LogP contribution in [-0.2, 0) is 16.1 Å². The predicted octanol–water partition coefficient (Wildman–Crippen LogP) is 2.70. The van der Waals surface area contributed by atoms with Gasteiger partial charge in [0, 0.05) is 23.1 Å². The molecule has 0 spiro atoms. The molecule has 1 aromatic carbocycles. The Hall–Kier alpha value is -1.37. The number of nitrogens with zero attached hydrogens (tertiary/aromatic N) is 3. The van der Waals surface area contributed by atoms with Gasteiger partial charge in [-0.15, -0.1) is 0 Å². The van der Waals surface area contributed by atoms with E-state index >= 15 is 0 Å². The maximum atomic E-state index is 11.4. The van der Waals surface area contributed by atoms with Gasteiger partial charge in [0.2, 0.25) is 0 Å². The molecule has 98 valence electrons. The van der Waals surface area contributed by atoms with Gasteiger partial charge in [0.25, 0.3) is 9.05 Å². The van der Waals surface area contributed by atoms with Gasteiger partial charge in [-0.25, -0.2) is 18.4 Å². The van der Waals surface area contributed by atoms with Crippen molar-refractivity contribution in [3.8, 4) is 0 Å². The predicted molar refractivity (Wildman–Crippen MR) is 74.1 cm³/mol. The van der Waals surface area contributed by atoms with Crippen molar-refractivity contribution in [1.29, 1.82) is 0 Å². The number of halogens is 2. The highest BCUT2D eigenvalue weighted by molar-refractivity contribution is 8.13. The third kappa shape index (κ3) is 1.87. The molecule has 0 unspecified atom stereocenters. The average Bonchev–Trinajstić information content (AvgIpc) is 2.63. The molecule has 0 amide bonds. The first-order chi connectivity index (χ1) is 8.89. The van der Waals surface area contributed by atoms with Crippen LogP contribution in [0.5, 0.6) is 0 Å². The van der Waals surface area contributed by atoms with E-state index in [1.807, 2.05) is 11.6 Å². The summed E-state index contributed by atoms with van der Waals surface area (Å²) >= 11 is 6.05. The van der Waals surface area contributed by atoms with Crippen LogP contribution in [0.25, 0.3) is 21.9 Å². The number of hydrogen-bond donors (Lipinski definition) is 0. The summed E-state index contributed by atoms with van der Waals surface area (Å²) in [6.45, 7) is 0. The first-order valence-electron chi connectivity index (χ1n) is 5.23. The van der Waals surface area contributed by atoms with Crippen molar-refractivity contribution in [1.82, 2.24) is 14.5 Å². The molecule has 19 heavy (non-hydrogen) atoms. The van der Waals surface area contributed by atoms with Crippen LogP contribution in [0.1, 0.15) is 0 Å². The molecule has 0 bridgehead atoms. The van der Waals surface area contributed by atoms with Crippen molar-refractivity contribution in [2.24, 2.45) is 7.05 Å². The minimum atomic E-state index is -3.78. The van der Waals surface area contributed by atoms with Crippen LogP contribution in [-0.4, -0.2) is 23.0 Å². The molecule has 0 aliphatic heterocycles. The molecule has 0 N–H and O–H groups in total. The Labute approximate surface area is 118 Å². The fourth-order valence-electron chi connectivity index (χ4n) is 2.12. The maximum absolute atomic E-state index is 11.4. The monoisotopic (exact) mass is 315 g/mol. The Morgan fingerprint density at radius 3 is 2.68 bits per heavy atom. The molecule has 5 nitrogen and oxygen atoms in total. The van der Waals surface area contributed by atoms with Gasteiger partial charge in [0.05, 0.1) is 10.4 Å². The zero-order valence-corrected chi connectivity index (χ0v) is 12.0. The van der Waals surface area contributed by atoms with Crippen LogP contribution >= 0.6 is 22.3 Å². The van der Waals surface area contributed by atoms with E-state index in [0.717, 1.165) is 5.52 Å². The van der Waals surface area contributed by atoms with E-state index in [2.05, 4.69) is 9.97 Å². The zero-order chi connectivity index (χ0) is 13.8. The number of aromatic nitrogens is 3. The highest BCUT2D eigenvalue weighted by Gasteiger charge is 2.16. The summed E-state index contributed by atoms with van der Waals surface area (Å²) < 4.78 is 24.6. The molecule has 0 saturated carbocycles. The average molecular weight is 316 g/mol. The SMILES string of the molecule is Cn1c2ccc(S(=O)(=O)Cl)cc2c2ncnc(Cl)c21. The lowest BCUT2D eigenvalue weighted by Gasteiger charge is -1.99. The van der Waals surface area contributed by atoms with Crippen molar-refractivity contribution in [3.63, 3.8) is 0 Å². The quantitative estimate of drug-likeness (QED) is 0.511. The summed E-state index contributed by atoms with van der Waals surface area (Å²) in [5.41, 5.74) is 2.06. The largest absolute Gasteiger partial charge is 0.340 e. The van der Waals surface area contributed by atoms with Crippen LogP contribution in [0.3, 0.4) is 0 Å². The Balaban J connectivity index is 2.54. The fourth-order valence-corrected chi connectivity index (χ4v) is 3.16. The molecule has 0 aliphatic carbocycles. The molecule has 0 saturated heterocycles. The summed E-state index contributed by atoms with van der Waals surface area (Å²) in [4.78, 5) is 8.12. The molecule has 0 fully saturated rings. The highest BCUT2D eigenvalue weighted by Crippen LogP contribution is 2.31. The third-order valence-corrected chi connectivity index (χ3v) is 4.61. The summed E-state index contributed by atoms with van der Waals surface area (Å²) in [7, 11) is 3.39. The van der Waals surface area contributed by atoms with Gasteiger partial charge in [-0.3, -0.25) is 0 Å². The van der Waals surface area contributed by atoms with Crippen LogP contribution in [0, 0.1) is 0 Å². The number of hydrogen-bond acceptors (Lipinski definition) is 4. The first-order valence-corrected chi connectivity index (χ1v) is 7.91. The molecule has 3 aromatic rings. The van der Waals surface area contributed by atoms with E-state index < -0.39 is 9.05 Å². The van der Waals surface area contributed by atoms with Crippen molar-refractivity contribution < 1.29 is 8.42 Å². The van der Waals surface area contributed by atoms with Crippen LogP contribution < -0.4 is 0 Å². The van der Waals surface area contributed by atoms with E-state index in [1.54, 1.807) is 6.07 Å². The number of benzene rings is 1. The van der Waals surface area contributed by atoms with E-state index in [1.165, 1.54) is 18.5 Å². The van der Waals surface area contributed by atoms with Gasteiger partial charge in [-0.05, 0) is 18.2 Å². The Kier molecular flexibility index (Phi) is 2.70. The Morgan fingerprint density at radius 1 is 1.26 bits per heavy atom. The minimum Gasteiger partial charge on any atom is -0.340 e. The smallest absolute Gasteiger partial charge is 0.261 e. The van der Waals surface area contributed by atoms with Crippen LogP contribution in [0.2, 0.25) is 5.15 Å². The lowest BCUT2D eigenvalue weighted by molar-refractivity contribution is 0.609. The summed E-state index contributed by atoms with van der Waals surface area (Å²) in [5.74, 6) is 0. The van der Waals surface area contributed by atoms with E-state index in [-0.39, 0.29) is 4.90 Å². The van der Waals surface area contributed by atoms with Crippen molar-refractivity contribution in [2.45, 2.75) is 4.90 Å². The van der Waals surface area contributed by atoms with Gasteiger partial charge in [-0.1, -0.05) is 11.6 Å². The van der Waals surface area contributed by atoms with Gasteiger partial charge < -0.3 is 4.57 Å². The van der Waals surface area contributed by atoms with Crippen molar-refractivity contribution in [3.05, 3.63) is 29.7 Å². The molecule has 3 rings (SSSR count). The van der Waals surface area contributed by atoms with Gasteiger partial charge in [0.1, 0.15) is 17.4 Å². The summed E-state index contributed by atoms with van der Waals surface area (Å²) in [6, 6.07) is 4.61. The van der Waals surface area contributed by atoms with E-state index in [0.29, 0.717) is 21.6 Å². The lowest BCUT2D eigenvalue weighted by Crippen LogP contribution is -1.91. The molecule has 0 radical (unpaired) electrons. The number of fused-ring (bicyclic) bond motifs is 3. The number of rotatable bonds is 1. The van der Waals surface area contributed by atoms with E-state index in [4.69, 9.17) is 22.3 Å². The Bertz CT molecular complexity index is 918. The zero-order valence-electron chi connectivity index (χ0n) is 9.63. The van der Waals surface area contributed by atoms with Crippen molar-refractivity contribution >= 4 is 53.3 Å². The standard InChI is InChI=1S/C11H7Cl2N3O2S/c1-16-8-3-2-6(19(13,17)18)4-7(8)9-10(16)11(12)15-5-14-9/h2-5H,1H3. The Morgan fingerprint density at radius 2 is 2.00 bits per heavy atom. The van der Waals surface area contributed by atoms with Gasteiger partial charge in [-0.2, -0.15) is 0 Å². The maximum Gasteiger partial charge on any atom is 0.261 e. The van der Waals surface area contributed by atoms with Crippen LogP contribution in [0.15, 0.2) is 29.4 Å². The topological polar surface area (TPSA) is 64.8 Å². The molecule has 0 aliphatic rings. The molecular formula is C11H7Cl2N3O2S. The second-order valence-electron chi connectivity index (χ2n) is 4.04. The fraction of sp³-hybridized carbons (Fsp3) is 0.0909. The van der Waals surface area contributed by atoms with Gasteiger partial charge in [0.15, 0.2) is 5.15 Å². The second kappa shape index (κ2) is 4.06. The second-order valence-corrected chi connectivity index (χ2v) is 6.96. The molecule has 2 heterocycles. The molecule has 2 aromatic heterocycles.